The van der Waals surface area contributed by atoms with E-state index >= 15 is 0 Å². The summed E-state index contributed by atoms with van der Waals surface area (Å²) in [7, 11) is 0. The second-order valence-electron chi connectivity index (χ2n) is 8.45. The Kier molecular flexibility index (Phi) is 8.19. The summed E-state index contributed by atoms with van der Waals surface area (Å²) in [5.74, 6) is -1.51. The van der Waals surface area contributed by atoms with Gasteiger partial charge in [0.05, 0.1) is 5.56 Å². The Hall–Kier alpha value is -2.30. The number of halogens is 6. The first-order valence-electron chi connectivity index (χ1n) is 10.2. The van der Waals surface area contributed by atoms with Gasteiger partial charge in [-0.25, -0.2) is 0 Å². The summed E-state index contributed by atoms with van der Waals surface area (Å²) in [5.41, 5.74) is -3.41. The number of carbonyl (C=O) groups excluding carboxylic acids is 2. The maximum atomic E-state index is 12.9. The van der Waals surface area contributed by atoms with E-state index in [1.165, 1.54) is 12.1 Å². The third-order valence-corrected chi connectivity index (χ3v) is 5.70. The van der Waals surface area contributed by atoms with Gasteiger partial charge in [0.15, 0.2) is 0 Å². The first kappa shape index (κ1) is 26.0. The Morgan fingerprint density at radius 2 is 1.66 bits per heavy atom. The Bertz CT molecular complexity index is 799. The number of rotatable bonds is 7. The van der Waals surface area contributed by atoms with Crippen LogP contribution < -0.4 is 10.6 Å². The van der Waals surface area contributed by atoms with E-state index in [0.717, 1.165) is 26.0 Å². The molecule has 2 N–H and O–H groups in total. The third-order valence-electron chi connectivity index (χ3n) is 5.70. The van der Waals surface area contributed by atoms with Crippen molar-refractivity contribution in [1.82, 2.24) is 15.5 Å². The van der Waals surface area contributed by atoms with Gasteiger partial charge in [0.25, 0.3) is 5.91 Å². The lowest BCUT2D eigenvalue weighted by Gasteiger charge is -2.32. The summed E-state index contributed by atoms with van der Waals surface area (Å²) in [6, 6.07) is 4.22. The molecule has 32 heavy (non-hydrogen) atoms. The third kappa shape index (κ3) is 6.85. The maximum Gasteiger partial charge on any atom is 0.416 e. The van der Waals surface area contributed by atoms with E-state index in [9.17, 15) is 35.9 Å². The lowest BCUT2D eigenvalue weighted by atomic mass is 9.91. The van der Waals surface area contributed by atoms with Crippen molar-refractivity contribution < 1.29 is 35.9 Å². The predicted octanol–water partition coefficient (Wildman–Crippen LogP) is 3.85. The molecule has 5 nitrogen and oxygen atoms in total. The van der Waals surface area contributed by atoms with Gasteiger partial charge in [-0.1, -0.05) is 6.07 Å². The van der Waals surface area contributed by atoms with Gasteiger partial charge < -0.3 is 15.5 Å². The zero-order chi connectivity index (χ0) is 24.2. The molecule has 2 rings (SSSR count). The molecule has 1 fully saturated rings. The van der Waals surface area contributed by atoms with E-state index in [1.54, 1.807) is 0 Å². The van der Waals surface area contributed by atoms with E-state index in [-0.39, 0.29) is 18.0 Å². The van der Waals surface area contributed by atoms with E-state index in [1.807, 2.05) is 4.90 Å². The Morgan fingerprint density at radius 1 is 1.03 bits per heavy atom. The molecular formula is C21H27F6N3O2. The van der Waals surface area contributed by atoms with E-state index in [2.05, 4.69) is 10.6 Å². The summed E-state index contributed by atoms with van der Waals surface area (Å²) in [6.07, 6.45) is -7.73. The molecule has 0 spiro atoms. The highest BCUT2D eigenvalue weighted by Gasteiger charge is 2.52. The molecule has 1 aromatic carbocycles. The van der Waals surface area contributed by atoms with Crippen molar-refractivity contribution in [3.63, 3.8) is 0 Å². The van der Waals surface area contributed by atoms with E-state index in [0.29, 0.717) is 39.0 Å². The SMILES string of the molecule is CC(C)(C(=O)NCCN1CCC(CNC(=O)c2cccc(C(F)(F)F)c2)CC1)C(F)(F)F. The van der Waals surface area contributed by atoms with Crippen LogP contribution in [-0.2, 0) is 11.0 Å². The number of hydrogen-bond donors (Lipinski definition) is 2. The van der Waals surface area contributed by atoms with Gasteiger partial charge in [-0.15, -0.1) is 0 Å². The van der Waals surface area contributed by atoms with Crippen molar-refractivity contribution in [1.29, 1.82) is 0 Å². The fraction of sp³-hybridized carbons (Fsp3) is 0.619. The van der Waals surface area contributed by atoms with Crippen molar-refractivity contribution in [3.8, 4) is 0 Å². The topological polar surface area (TPSA) is 61.4 Å². The number of likely N-dealkylation sites (tertiary alicyclic amines) is 1. The molecule has 0 bridgehead atoms. The lowest BCUT2D eigenvalue weighted by molar-refractivity contribution is -0.211. The lowest BCUT2D eigenvalue weighted by Crippen LogP contribution is -2.49. The van der Waals surface area contributed by atoms with Gasteiger partial charge in [-0.2, -0.15) is 26.3 Å². The van der Waals surface area contributed by atoms with E-state index < -0.39 is 35.1 Å². The maximum absolute atomic E-state index is 12.9. The number of hydrogen-bond acceptors (Lipinski definition) is 3. The minimum absolute atomic E-state index is 0.0604. The number of alkyl halides is 6. The van der Waals surface area contributed by atoms with Crippen LogP contribution >= 0.6 is 0 Å². The number of nitrogens with one attached hydrogen (secondary N) is 2. The normalized spacial score (nSPS) is 16.6. The van der Waals surface area contributed by atoms with Crippen molar-refractivity contribution >= 4 is 11.8 Å². The number of nitrogens with zero attached hydrogens (tertiary/aromatic N) is 1. The molecule has 1 aliphatic rings. The molecule has 1 heterocycles. The average molecular weight is 467 g/mol. The molecular weight excluding hydrogens is 440 g/mol. The predicted molar refractivity (Wildman–Crippen MR) is 106 cm³/mol. The fourth-order valence-corrected chi connectivity index (χ4v) is 3.27. The second-order valence-corrected chi connectivity index (χ2v) is 8.45. The smallest absolute Gasteiger partial charge is 0.354 e. The number of amides is 2. The van der Waals surface area contributed by atoms with Crippen LogP contribution in [0.2, 0.25) is 0 Å². The van der Waals surface area contributed by atoms with Crippen LogP contribution in [0.25, 0.3) is 0 Å². The molecule has 0 saturated carbocycles. The van der Waals surface area contributed by atoms with Crippen LogP contribution in [0.3, 0.4) is 0 Å². The molecule has 1 aliphatic heterocycles. The van der Waals surface area contributed by atoms with Crippen LogP contribution in [0.4, 0.5) is 26.3 Å². The monoisotopic (exact) mass is 467 g/mol. The summed E-state index contributed by atoms with van der Waals surface area (Å²) >= 11 is 0. The summed E-state index contributed by atoms with van der Waals surface area (Å²) < 4.78 is 76.9. The molecule has 0 unspecified atom stereocenters. The molecule has 0 aliphatic carbocycles. The molecule has 1 saturated heterocycles. The van der Waals surface area contributed by atoms with Crippen LogP contribution in [0.1, 0.15) is 42.6 Å². The molecule has 0 atom stereocenters. The van der Waals surface area contributed by atoms with Gasteiger partial charge in [0.1, 0.15) is 5.41 Å². The minimum atomic E-state index is -4.63. The zero-order valence-electron chi connectivity index (χ0n) is 17.9. The Morgan fingerprint density at radius 3 is 2.22 bits per heavy atom. The van der Waals surface area contributed by atoms with Gasteiger partial charge in [0.2, 0.25) is 5.91 Å². The Labute approximate surface area is 182 Å². The van der Waals surface area contributed by atoms with Crippen LogP contribution in [0.5, 0.6) is 0 Å². The quantitative estimate of drug-likeness (QED) is 0.599. The number of carbonyl (C=O) groups is 2. The van der Waals surface area contributed by atoms with Gasteiger partial charge in [-0.3, -0.25) is 9.59 Å². The first-order chi connectivity index (χ1) is 14.7. The summed E-state index contributed by atoms with van der Waals surface area (Å²) in [4.78, 5) is 26.0. The molecule has 0 aromatic heterocycles. The van der Waals surface area contributed by atoms with Crippen molar-refractivity contribution in [3.05, 3.63) is 35.4 Å². The standard InChI is InChI=1S/C21H27F6N3O2/c1-19(2,21(25,26)27)18(32)28-8-11-30-9-6-14(7-10-30)13-29-17(31)15-4-3-5-16(12-15)20(22,23)24/h3-5,12,14H,6-11,13H2,1-2H3,(H,28,32)(H,29,31). The highest BCUT2D eigenvalue weighted by Crippen LogP contribution is 2.37. The number of piperidine rings is 1. The molecule has 2 amide bonds. The zero-order valence-corrected chi connectivity index (χ0v) is 17.9. The van der Waals surface area contributed by atoms with Crippen LogP contribution in [0, 0.1) is 11.3 Å². The molecule has 1 aromatic rings. The average Bonchev–Trinajstić information content (AvgIpc) is 2.71. The van der Waals surface area contributed by atoms with Crippen LogP contribution in [-0.4, -0.2) is 55.6 Å². The first-order valence-corrected chi connectivity index (χ1v) is 10.2. The largest absolute Gasteiger partial charge is 0.416 e. The highest BCUT2D eigenvalue weighted by atomic mass is 19.4. The molecule has 0 radical (unpaired) electrons. The highest BCUT2D eigenvalue weighted by molar-refractivity contribution is 5.94. The minimum Gasteiger partial charge on any atom is -0.354 e. The van der Waals surface area contributed by atoms with Gasteiger partial charge in [-0.05, 0) is 63.9 Å². The number of benzene rings is 1. The van der Waals surface area contributed by atoms with E-state index in [4.69, 9.17) is 0 Å². The van der Waals surface area contributed by atoms with Crippen molar-refractivity contribution in [2.24, 2.45) is 11.3 Å². The van der Waals surface area contributed by atoms with Crippen LogP contribution in [0.15, 0.2) is 24.3 Å². The molecule has 11 heteroatoms. The van der Waals surface area contributed by atoms with Gasteiger partial charge >= 0.3 is 12.4 Å². The van der Waals surface area contributed by atoms with Crippen molar-refractivity contribution in [2.75, 3.05) is 32.7 Å². The van der Waals surface area contributed by atoms with Crippen molar-refractivity contribution in [2.45, 2.75) is 39.0 Å². The summed E-state index contributed by atoms with van der Waals surface area (Å²) in [6.45, 7) is 3.77. The molecule has 180 valence electrons. The Balaban J connectivity index is 1.71. The van der Waals surface area contributed by atoms with Gasteiger partial charge in [0, 0.05) is 25.2 Å². The summed E-state index contributed by atoms with van der Waals surface area (Å²) in [5, 5.41) is 4.99. The second kappa shape index (κ2) is 10.1. The fourth-order valence-electron chi connectivity index (χ4n) is 3.27.